The Labute approximate surface area is 170 Å². The molecule has 3 rings (SSSR count). The van der Waals surface area contributed by atoms with Crippen molar-refractivity contribution in [3.63, 3.8) is 0 Å². The number of nitrogens with zero attached hydrogens (tertiary/aromatic N) is 2. The Balaban J connectivity index is 1.62. The summed E-state index contributed by atoms with van der Waals surface area (Å²) in [5, 5.41) is 5.75. The Bertz CT molecular complexity index is 900. The summed E-state index contributed by atoms with van der Waals surface area (Å²) < 4.78 is 5.38. The van der Waals surface area contributed by atoms with E-state index < -0.39 is 0 Å². The largest absolute Gasteiger partial charge is 0.494 e. The van der Waals surface area contributed by atoms with Crippen molar-refractivity contribution in [3.8, 4) is 18.1 Å². The highest BCUT2D eigenvalue weighted by molar-refractivity contribution is 6.05. The molecule has 1 aromatic heterocycles. The van der Waals surface area contributed by atoms with Gasteiger partial charge in [0.25, 0.3) is 5.91 Å². The van der Waals surface area contributed by atoms with Gasteiger partial charge in [-0.25, -0.2) is 0 Å². The first-order chi connectivity index (χ1) is 14.1. The molecule has 0 bridgehead atoms. The van der Waals surface area contributed by atoms with Gasteiger partial charge in [-0.1, -0.05) is 5.92 Å². The van der Waals surface area contributed by atoms with Gasteiger partial charge in [0.05, 0.1) is 24.9 Å². The van der Waals surface area contributed by atoms with Crippen LogP contribution in [0, 0.1) is 18.3 Å². The monoisotopic (exact) mass is 392 g/mol. The van der Waals surface area contributed by atoms with Gasteiger partial charge in [0.15, 0.2) is 0 Å². The molecule has 150 valence electrons. The third kappa shape index (κ3) is 5.33. The predicted molar refractivity (Wildman–Crippen MR) is 112 cm³/mol. The van der Waals surface area contributed by atoms with Gasteiger partial charge < -0.3 is 15.4 Å². The lowest BCUT2D eigenvalue weighted by molar-refractivity contribution is -0.121. The molecule has 29 heavy (non-hydrogen) atoms. The first kappa shape index (κ1) is 20.4. The highest BCUT2D eigenvalue weighted by atomic mass is 16.5. The number of likely N-dealkylation sites (tertiary alicyclic amines) is 1. The maximum Gasteiger partial charge on any atom is 0.257 e. The minimum absolute atomic E-state index is 0.0143. The fourth-order valence-electron chi connectivity index (χ4n) is 3.29. The second-order valence-corrected chi connectivity index (χ2v) is 6.85. The highest BCUT2D eigenvalue weighted by Crippen LogP contribution is 2.29. The van der Waals surface area contributed by atoms with Crippen molar-refractivity contribution in [1.29, 1.82) is 0 Å². The van der Waals surface area contributed by atoms with Crippen molar-refractivity contribution in [2.75, 3.05) is 37.4 Å². The Morgan fingerprint density at radius 1 is 1.28 bits per heavy atom. The number of terminal acetylenes is 1. The normalized spacial score (nSPS) is 14.6. The molecule has 1 aliphatic rings. The summed E-state index contributed by atoms with van der Waals surface area (Å²) in [5.41, 5.74) is 1.59. The molecule has 0 unspecified atom stereocenters. The summed E-state index contributed by atoms with van der Waals surface area (Å²) in [6.45, 7) is 2.27. The summed E-state index contributed by atoms with van der Waals surface area (Å²) in [6, 6.07) is 8.52. The highest BCUT2D eigenvalue weighted by Gasteiger charge is 2.24. The molecular weight excluding hydrogens is 368 g/mol. The van der Waals surface area contributed by atoms with Crippen LogP contribution in [0.2, 0.25) is 0 Å². The van der Waals surface area contributed by atoms with Crippen molar-refractivity contribution in [3.05, 3.63) is 48.3 Å². The summed E-state index contributed by atoms with van der Waals surface area (Å²) in [7, 11) is 1.52. The Morgan fingerprint density at radius 3 is 2.72 bits per heavy atom. The van der Waals surface area contributed by atoms with Crippen LogP contribution in [0.5, 0.6) is 5.75 Å². The van der Waals surface area contributed by atoms with Crippen LogP contribution in [0.15, 0.2) is 42.7 Å². The van der Waals surface area contributed by atoms with Gasteiger partial charge >= 0.3 is 0 Å². The maximum absolute atomic E-state index is 12.6. The van der Waals surface area contributed by atoms with E-state index in [2.05, 4.69) is 26.4 Å². The second kappa shape index (κ2) is 9.71. The molecule has 7 nitrogen and oxygen atoms in total. The number of carbonyl (C=O) groups is 2. The number of nitrogens with one attached hydrogen (secondary N) is 2. The molecule has 1 saturated heterocycles. The summed E-state index contributed by atoms with van der Waals surface area (Å²) in [6.07, 6.45) is 10.0. The molecule has 0 atom stereocenters. The van der Waals surface area contributed by atoms with Crippen molar-refractivity contribution in [2.45, 2.75) is 12.8 Å². The number of amides is 2. The van der Waals surface area contributed by atoms with Crippen LogP contribution >= 0.6 is 0 Å². The number of ether oxygens (including phenoxy) is 1. The minimum atomic E-state index is -0.285. The number of anilines is 2. The number of hydrogen-bond donors (Lipinski definition) is 2. The third-order valence-corrected chi connectivity index (χ3v) is 4.91. The number of piperidine rings is 1. The van der Waals surface area contributed by atoms with Crippen LogP contribution in [0.4, 0.5) is 11.4 Å². The molecule has 2 N–H and O–H groups in total. The van der Waals surface area contributed by atoms with E-state index >= 15 is 0 Å². The zero-order chi connectivity index (χ0) is 20.6. The molecule has 7 heteroatoms. The fraction of sp³-hybridized carbons (Fsp3) is 0.318. The van der Waals surface area contributed by atoms with E-state index in [1.807, 2.05) is 0 Å². The molecule has 0 spiro atoms. The Hall–Kier alpha value is -3.37. The van der Waals surface area contributed by atoms with Crippen LogP contribution < -0.4 is 15.4 Å². The lowest BCUT2D eigenvalue weighted by Crippen LogP contribution is -2.38. The van der Waals surface area contributed by atoms with E-state index in [0.717, 1.165) is 25.9 Å². The van der Waals surface area contributed by atoms with Crippen molar-refractivity contribution in [1.82, 2.24) is 9.88 Å². The molecular formula is C22H24N4O3. The average molecular weight is 392 g/mol. The van der Waals surface area contributed by atoms with Crippen LogP contribution in [0.25, 0.3) is 0 Å². The fourth-order valence-corrected chi connectivity index (χ4v) is 3.29. The van der Waals surface area contributed by atoms with E-state index in [1.54, 1.807) is 36.5 Å². The molecule has 1 aliphatic heterocycles. The molecule has 0 saturated carbocycles. The van der Waals surface area contributed by atoms with Gasteiger partial charge in [-0.3, -0.25) is 19.5 Å². The van der Waals surface area contributed by atoms with E-state index in [4.69, 9.17) is 11.2 Å². The first-order valence-corrected chi connectivity index (χ1v) is 9.47. The summed E-state index contributed by atoms with van der Waals surface area (Å²) in [4.78, 5) is 31.0. The van der Waals surface area contributed by atoms with Crippen LogP contribution in [-0.4, -0.2) is 48.4 Å². The van der Waals surface area contributed by atoms with Gasteiger partial charge in [-0.2, -0.15) is 0 Å². The van der Waals surface area contributed by atoms with Crippen LogP contribution in [0.1, 0.15) is 23.2 Å². The lowest BCUT2D eigenvalue weighted by Gasteiger charge is -2.29. The zero-order valence-electron chi connectivity index (χ0n) is 16.4. The van der Waals surface area contributed by atoms with E-state index in [9.17, 15) is 9.59 Å². The van der Waals surface area contributed by atoms with Crippen LogP contribution in [0.3, 0.4) is 0 Å². The van der Waals surface area contributed by atoms with Gasteiger partial charge in [0.1, 0.15) is 5.75 Å². The first-order valence-electron chi connectivity index (χ1n) is 9.47. The predicted octanol–water partition coefficient (Wildman–Crippen LogP) is 2.63. The van der Waals surface area contributed by atoms with Gasteiger partial charge in [-0.05, 0) is 50.2 Å². The average Bonchev–Trinajstić information content (AvgIpc) is 2.76. The lowest BCUT2D eigenvalue weighted by atomic mass is 9.96. The van der Waals surface area contributed by atoms with Crippen molar-refractivity contribution < 1.29 is 14.3 Å². The van der Waals surface area contributed by atoms with Crippen molar-refractivity contribution in [2.24, 2.45) is 5.92 Å². The standard InChI is InChI=1S/C22H24N4O3/c1-3-11-26-12-8-16(9-13-26)21(27)24-18-6-7-19(20(14-18)29-2)25-22(28)17-5-4-10-23-15-17/h1,4-7,10,14-16H,8-9,11-13H2,2H3,(H,24,27)(H,25,28). The number of methoxy groups -OCH3 is 1. The SMILES string of the molecule is C#CCN1CCC(C(=O)Nc2ccc(NC(=O)c3cccnc3)c(OC)c2)CC1. The smallest absolute Gasteiger partial charge is 0.257 e. The molecule has 0 radical (unpaired) electrons. The number of carbonyl (C=O) groups excluding carboxylic acids is 2. The topological polar surface area (TPSA) is 83.6 Å². The van der Waals surface area contributed by atoms with E-state index in [0.29, 0.717) is 29.2 Å². The van der Waals surface area contributed by atoms with Gasteiger partial charge in [0.2, 0.25) is 5.91 Å². The number of pyridine rings is 1. The quantitative estimate of drug-likeness (QED) is 0.739. The number of benzene rings is 1. The zero-order valence-corrected chi connectivity index (χ0v) is 16.4. The summed E-state index contributed by atoms with van der Waals surface area (Å²) >= 11 is 0. The number of aromatic nitrogens is 1. The minimum Gasteiger partial charge on any atom is -0.494 e. The van der Waals surface area contributed by atoms with Gasteiger partial charge in [-0.15, -0.1) is 6.42 Å². The molecule has 1 aromatic carbocycles. The second-order valence-electron chi connectivity index (χ2n) is 6.85. The molecule has 2 heterocycles. The molecule has 0 aliphatic carbocycles. The summed E-state index contributed by atoms with van der Waals surface area (Å²) in [5.74, 6) is 2.76. The number of hydrogen-bond acceptors (Lipinski definition) is 5. The van der Waals surface area contributed by atoms with E-state index in [1.165, 1.54) is 13.3 Å². The molecule has 1 fully saturated rings. The molecule has 2 aromatic rings. The van der Waals surface area contributed by atoms with Crippen molar-refractivity contribution >= 4 is 23.2 Å². The van der Waals surface area contributed by atoms with Crippen LogP contribution in [-0.2, 0) is 4.79 Å². The Kier molecular flexibility index (Phi) is 6.82. The Morgan fingerprint density at radius 2 is 2.07 bits per heavy atom. The van der Waals surface area contributed by atoms with Gasteiger partial charge in [0, 0.05) is 30.1 Å². The third-order valence-electron chi connectivity index (χ3n) is 4.91. The van der Waals surface area contributed by atoms with E-state index in [-0.39, 0.29) is 17.7 Å². The maximum atomic E-state index is 12.6. The molecule has 2 amide bonds. The number of rotatable bonds is 6.